The predicted molar refractivity (Wildman–Crippen MR) is 62.3 cm³/mol. The Morgan fingerprint density at radius 3 is 2.82 bits per heavy atom. The van der Waals surface area contributed by atoms with E-state index in [1.807, 2.05) is 13.8 Å². The molecule has 0 aromatic carbocycles. The summed E-state index contributed by atoms with van der Waals surface area (Å²) in [4.78, 5) is 25.2. The molecule has 90 valence electrons. The third kappa shape index (κ3) is 2.30. The molecule has 0 spiro atoms. The first kappa shape index (κ1) is 11.6. The van der Waals surface area contributed by atoms with Gasteiger partial charge in [0.2, 0.25) is 11.7 Å². The van der Waals surface area contributed by atoms with Gasteiger partial charge in [-0.1, -0.05) is 0 Å². The number of hydrogen-bond acceptors (Lipinski definition) is 3. The summed E-state index contributed by atoms with van der Waals surface area (Å²) in [6.45, 7) is 3.88. The Morgan fingerprint density at radius 2 is 2.24 bits per heavy atom. The molecule has 2 rings (SSSR count). The average Bonchev–Trinajstić information content (AvgIpc) is 2.87. The molecule has 2 heterocycles. The summed E-state index contributed by atoms with van der Waals surface area (Å²) in [5.74, 6) is 0.199. The van der Waals surface area contributed by atoms with Crippen LogP contribution in [0.5, 0.6) is 0 Å². The lowest BCUT2D eigenvalue weighted by atomic mass is 10.2. The van der Waals surface area contributed by atoms with E-state index in [-0.39, 0.29) is 17.7 Å². The zero-order valence-corrected chi connectivity index (χ0v) is 9.97. The van der Waals surface area contributed by atoms with Crippen LogP contribution in [0, 0.1) is 0 Å². The van der Waals surface area contributed by atoms with Gasteiger partial charge in [0, 0.05) is 24.2 Å². The van der Waals surface area contributed by atoms with Crippen LogP contribution in [0.4, 0.5) is 0 Å². The van der Waals surface area contributed by atoms with E-state index in [0.29, 0.717) is 18.6 Å². The first-order valence-electron chi connectivity index (χ1n) is 5.70. The summed E-state index contributed by atoms with van der Waals surface area (Å²) in [7, 11) is 0. The minimum absolute atomic E-state index is 0.0819. The Bertz CT molecular complexity index is 457. The lowest BCUT2D eigenvalue weighted by Crippen LogP contribution is -2.30. The first-order valence-corrected chi connectivity index (χ1v) is 5.70. The van der Waals surface area contributed by atoms with Crippen LogP contribution in [0.25, 0.3) is 0 Å². The minimum Gasteiger partial charge on any atom is -0.461 e. The number of nitrogens with zero attached hydrogens (tertiary/aromatic N) is 1. The molecule has 4 nitrogen and oxygen atoms in total. The monoisotopic (exact) mass is 233 g/mol. The normalized spacial score (nSPS) is 18.4. The van der Waals surface area contributed by atoms with Gasteiger partial charge in [-0.05, 0) is 32.4 Å². The summed E-state index contributed by atoms with van der Waals surface area (Å²) in [5.41, 5.74) is 0.784. The van der Waals surface area contributed by atoms with Gasteiger partial charge >= 0.3 is 0 Å². The number of allylic oxidation sites excluding steroid dienone is 2. The van der Waals surface area contributed by atoms with Crippen LogP contribution in [-0.2, 0) is 4.79 Å². The van der Waals surface area contributed by atoms with Crippen LogP contribution in [0.2, 0.25) is 0 Å². The van der Waals surface area contributed by atoms with Crippen LogP contribution in [-0.4, -0.2) is 22.6 Å². The largest absolute Gasteiger partial charge is 0.461 e. The number of carbonyl (C=O) groups is 2. The van der Waals surface area contributed by atoms with Crippen LogP contribution in [0.3, 0.4) is 0 Å². The molecule has 1 aliphatic heterocycles. The molecule has 0 radical (unpaired) electrons. The minimum atomic E-state index is -0.189. The Balaban J connectivity index is 2.22. The summed E-state index contributed by atoms with van der Waals surface area (Å²) in [5, 5.41) is 0. The predicted octanol–water partition coefficient (Wildman–Crippen LogP) is 2.38. The van der Waals surface area contributed by atoms with Gasteiger partial charge in [-0.25, -0.2) is 0 Å². The van der Waals surface area contributed by atoms with Crippen LogP contribution < -0.4 is 0 Å². The van der Waals surface area contributed by atoms with E-state index in [1.165, 1.54) is 12.3 Å². The fraction of sp³-hybridized carbons (Fsp3) is 0.385. The topological polar surface area (TPSA) is 50.5 Å². The van der Waals surface area contributed by atoms with Gasteiger partial charge in [0.05, 0.1) is 6.26 Å². The fourth-order valence-electron chi connectivity index (χ4n) is 2.04. The molecule has 1 fully saturated rings. The highest BCUT2D eigenvalue weighted by atomic mass is 16.3. The second-order valence-electron chi connectivity index (χ2n) is 4.33. The lowest BCUT2D eigenvalue weighted by molar-refractivity contribution is -0.127. The maximum atomic E-state index is 11.8. The molecule has 0 unspecified atom stereocenters. The van der Waals surface area contributed by atoms with Crippen LogP contribution >= 0.6 is 0 Å². The number of likely N-dealkylation sites (tertiary alicyclic amines) is 1. The molecule has 0 aliphatic carbocycles. The molecular weight excluding hydrogens is 218 g/mol. The Kier molecular flexibility index (Phi) is 3.13. The molecule has 1 aromatic heterocycles. The highest BCUT2D eigenvalue weighted by Gasteiger charge is 2.28. The first-order chi connectivity index (χ1) is 8.09. The third-order valence-electron chi connectivity index (χ3n) is 2.75. The number of rotatable bonds is 3. The van der Waals surface area contributed by atoms with E-state index in [0.717, 1.165) is 5.70 Å². The molecule has 17 heavy (non-hydrogen) atoms. The zero-order valence-electron chi connectivity index (χ0n) is 9.97. The maximum absolute atomic E-state index is 11.8. The van der Waals surface area contributed by atoms with E-state index in [1.54, 1.807) is 17.0 Å². The number of amides is 1. The van der Waals surface area contributed by atoms with Crippen molar-refractivity contribution in [1.29, 1.82) is 0 Å². The SMILES string of the molecule is CC(C)N1C(=O)CC/C1=C\C(=O)c1ccco1. The second kappa shape index (κ2) is 4.57. The van der Waals surface area contributed by atoms with E-state index < -0.39 is 0 Å². The molecule has 0 saturated carbocycles. The molecule has 1 aromatic rings. The van der Waals surface area contributed by atoms with E-state index in [2.05, 4.69) is 0 Å². The fourth-order valence-corrected chi connectivity index (χ4v) is 2.04. The van der Waals surface area contributed by atoms with Crippen molar-refractivity contribution in [2.24, 2.45) is 0 Å². The van der Waals surface area contributed by atoms with Gasteiger partial charge in [-0.2, -0.15) is 0 Å². The second-order valence-corrected chi connectivity index (χ2v) is 4.33. The van der Waals surface area contributed by atoms with Crippen molar-refractivity contribution in [1.82, 2.24) is 4.90 Å². The number of furan rings is 1. The van der Waals surface area contributed by atoms with Gasteiger partial charge in [-0.15, -0.1) is 0 Å². The zero-order chi connectivity index (χ0) is 12.4. The van der Waals surface area contributed by atoms with Crippen molar-refractivity contribution in [2.45, 2.75) is 32.7 Å². The standard InChI is InChI=1S/C13H15NO3/c1-9(2)14-10(5-6-13(14)16)8-11(15)12-4-3-7-17-12/h3-4,7-9H,5-6H2,1-2H3/b10-8+. The van der Waals surface area contributed by atoms with Gasteiger partial charge in [0.15, 0.2) is 5.76 Å². The van der Waals surface area contributed by atoms with Crippen LogP contribution in [0.1, 0.15) is 37.2 Å². The molecule has 0 atom stereocenters. The summed E-state index contributed by atoms with van der Waals surface area (Å²) in [6.07, 6.45) is 4.08. The highest BCUT2D eigenvalue weighted by molar-refractivity contribution is 6.03. The van der Waals surface area contributed by atoms with E-state index in [9.17, 15) is 9.59 Å². The molecule has 1 aliphatic rings. The van der Waals surface area contributed by atoms with Gasteiger partial charge in [0.25, 0.3) is 0 Å². The quantitative estimate of drug-likeness (QED) is 0.595. The van der Waals surface area contributed by atoms with Crippen molar-refractivity contribution in [3.63, 3.8) is 0 Å². The summed E-state index contributed by atoms with van der Waals surface area (Å²) in [6, 6.07) is 3.38. The van der Waals surface area contributed by atoms with Crippen molar-refractivity contribution >= 4 is 11.7 Å². The number of hydrogen-bond donors (Lipinski definition) is 0. The van der Waals surface area contributed by atoms with Crippen molar-refractivity contribution in [2.75, 3.05) is 0 Å². The van der Waals surface area contributed by atoms with Crippen molar-refractivity contribution in [3.05, 3.63) is 35.9 Å². The Morgan fingerprint density at radius 1 is 1.47 bits per heavy atom. The molecule has 4 heteroatoms. The van der Waals surface area contributed by atoms with Gasteiger partial charge in [0.1, 0.15) is 0 Å². The van der Waals surface area contributed by atoms with Crippen molar-refractivity contribution in [3.8, 4) is 0 Å². The number of carbonyl (C=O) groups excluding carboxylic acids is 2. The third-order valence-corrected chi connectivity index (χ3v) is 2.75. The smallest absolute Gasteiger partial charge is 0.227 e. The molecule has 0 bridgehead atoms. The Hall–Kier alpha value is -1.84. The van der Waals surface area contributed by atoms with E-state index in [4.69, 9.17) is 4.42 Å². The van der Waals surface area contributed by atoms with Crippen LogP contribution in [0.15, 0.2) is 34.6 Å². The van der Waals surface area contributed by atoms with Crippen molar-refractivity contribution < 1.29 is 14.0 Å². The molecule has 1 amide bonds. The molecule has 0 N–H and O–H groups in total. The summed E-state index contributed by atoms with van der Waals surface area (Å²) < 4.78 is 5.03. The molecule has 1 saturated heterocycles. The summed E-state index contributed by atoms with van der Waals surface area (Å²) >= 11 is 0. The lowest BCUT2D eigenvalue weighted by Gasteiger charge is -2.22. The Labute approximate surface area is 99.9 Å². The van der Waals surface area contributed by atoms with Gasteiger partial charge < -0.3 is 9.32 Å². The maximum Gasteiger partial charge on any atom is 0.227 e. The average molecular weight is 233 g/mol. The van der Waals surface area contributed by atoms with Gasteiger partial charge in [-0.3, -0.25) is 9.59 Å². The molecular formula is C13H15NO3. The number of ketones is 1. The van der Waals surface area contributed by atoms with E-state index >= 15 is 0 Å². The highest BCUT2D eigenvalue weighted by Crippen LogP contribution is 2.25.